The molecule has 42 heavy (non-hydrogen) atoms. The van der Waals surface area contributed by atoms with Crippen molar-refractivity contribution in [2.24, 2.45) is 0 Å². The largest absolute Gasteiger partial charge is 0.490 e. The molecule has 0 N–H and O–H groups in total. The molecule has 0 saturated heterocycles. The zero-order chi connectivity index (χ0) is 30.0. The minimum absolute atomic E-state index is 0.202. The fourth-order valence-electron chi connectivity index (χ4n) is 4.54. The van der Waals surface area contributed by atoms with E-state index in [1.165, 1.54) is 44.9 Å². The molecule has 0 spiro atoms. The molecule has 0 bridgehead atoms. The van der Waals surface area contributed by atoms with Crippen LogP contribution in [0, 0.1) is 0 Å². The fraction of sp³-hybridized carbons (Fsp3) is 0.486. The third-order valence-corrected chi connectivity index (χ3v) is 7.13. The third kappa shape index (κ3) is 11.6. The van der Waals surface area contributed by atoms with Gasteiger partial charge in [0.25, 0.3) is 0 Å². The van der Waals surface area contributed by atoms with Crippen LogP contribution in [0.5, 0.6) is 11.5 Å². The molecule has 226 valence electrons. The summed E-state index contributed by atoms with van der Waals surface area (Å²) in [4.78, 5) is 33.5. The Morgan fingerprint density at radius 2 is 1.31 bits per heavy atom. The van der Waals surface area contributed by atoms with E-state index in [4.69, 9.17) is 14.2 Å². The molecule has 0 aliphatic heterocycles. The zero-order valence-corrected chi connectivity index (χ0v) is 25.5. The maximum Gasteiger partial charge on any atom is 0.343 e. The number of esters is 2. The Hall–Kier alpha value is -3.74. The minimum atomic E-state index is -0.465. The Bertz CT molecular complexity index is 1190. The van der Waals surface area contributed by atoms with E-state index in [0.29, 0.717) is 35.9 Å². The molecule has 7 heteroatoms. The number of hydrogen-bond donors (Lipinski definition) is 0. The number of carbonyl (C=O) groups is 2. The maximum absolute atomic E-state index is 12.7. The van der Waals surface area contributed by atoms with E-state index in [-0.39, 0.29) is 12.1 Å². The van der Waals surface area contributed by atoms with Crippen LogP contribution in [0.15, 0.2) is 60.9 Å². The van der Waals surface area contributed by atoms with Crippen LogP contribution in [0.3, 0.4) is 0 Å². The van der Waals surface area contributed by atoms with E-state index >= 15 is 0 Å². The molecule has 0 aliphatic carbocycles. The lowest BCUT2D eigenvalue weighted by Crippen LogP contribution is -2.10. The van der Waals surface area contributed by atoms with Crippen molar-refractivity contribution in [3.8, 4) is 22.9 Å². The van der Waals surface area contributed by atoms with Gasteiger partial charge in [-0.2, -0.15) is 0 Å². The Labute approximate surface area is 251 Å². The summed E-state index contributed by atoms with van der Waals surface area (Å²) in [6.07, 6.45) is 16.4. The number of aromatic nitrogens is 2. The van der Waals surface area contributed by atoms with E-state index in [2.05, 4.69) is 23.8 Å². The molecule has 1 heterocycles. The number of benzene rings is 2. The second kappa shape index (κ2) is 18.6. The summed E-state index contributed by atoms with van der Waals surface area (Å²) in [5.41, 5.74) is 2.05. The van der Waals surface area contributed by atoms with Crippen molar-refractivity contribution in [1.82, 2.24) is 9.97 Å². The number of carbonyl (C=O) groups excluding carboxylic acids is 2. The van der Waals surface area contributed by atoms with Gasteiger partial charge in [0.1, 0.15) is 11.9 Å². The molecule has 0 saturated carbocycles. The third-order valence-electron chi connectivity index (χ3n) is 7.13. The van der Waals surface area contributed by atoms with Gasteiger partial charge in [-0.25, -0.2) is 14.8 Å². The minimum Gasteiger partial charge on any atom is -0.490 e. The Morgan fingerprint density at radius 3 is 1.95 bits per heavy atom. The Kier molecular flexibility index (Phi) is 14.5. The Morgan fingerprint density at radius 1 is 0.714 bits per heavy atom. The second-order valence-corrected chi connectivity index (χ2v) is 10.7. The fourth-order valence-corrected chi connectivity index (χ4v) is 4.54. The average molecular weight is 575 g/mol. The van der Waals surface area contributed by atoms with Crippen LogP contribution in [0.25, 0.3) is 11.4 Å². The van der Waals surface area contributed by atoms with E-state index in [0.717, 1.165) is 36.8 Å². The normalized spacial score (nSPS) is 11.6. The van der Waals surface area contributed by atoms with Crippen LogP contribution in [-0.2, 0) is 9.53 Å². The SMILES string of the molecule is CCCCCCCCCCOc1cnc(-c2ccc(OC(=O)c3ccc(C(C)OC(=O)CCCCC)cc3)cc2)nc1. The van der Waals surface area contributed by atoms with Gasteiger partial charge in [0.2, 0.25) is 0 Å². The summed E-state index contributed by atoms with van der Waals surface area (Å²) in [6, 6.07) is 14.0. The van der Waals surface area contributed by atoms with Crippen molar-refractivity contribution in [2.75, 3.05) is 6.61 Å². The van der Waals surface area contributed by atoms with Gasteiger partial charge in [-0.15, -0.1) is 0 Å². The maximum atomic E-state index is 12.7. The summed E-state index contributed by atoms with van der Waals surface area (Å²) in [5, 5.41) is 0. The predicted molar refractivity (Wildman–Crippen MR) is 166 cm³/mol. The van der Waals surface area contributed by atoms with Crippen LogP contribution in [0.2, 0.25) is 0 Å². The van der Waals surface area contributed by atoms with Crippen molar-refractivity contribution in [2.45, 2.75) is 104 Å². The van der Waals surface area contributed by atoms with Gasteiger partial charge in [-0.3, -0.25) is 4.79 Å². The molecule has 0 aliphatic rings. The molecule has 3 aromatic rings. The van der Waals surface area contributed by atoms with Crippen molar-refractivity contribution in [3.63, 3.8) is 0 Å². The number of unbranched alkanes of at least 4 members (excludes halogenated alkanes) is 9. The first-order valence-corrected chi connectivity index (χ1v) is 15.6. The summed E-state index contributed by atoms with van der Waals surface area (Å²) < 4.78 is 16.8. The smallest absolute Gasteiger partial charge is 0.343 e. The van der Waals surface area contributed by atoms with Crippen molar-refractivity contribution < 1.29 is 23.8 Å². The number of nitrogens with zero attached hydrogens (tertiary/aromatic N) is 2. The van der Waals surface area contributed by atoms with Gasteiger partial charge < -0.3 is 14.2 Å². The predicted octanol–water partition coefficient (Wildman–Crippen LogP) is 9.07. The van der Waals surface area contributed by atoms with E-state index in [9.17, 15) is 9.59 Å². The van der Waals surface area contributed by atoms with Gasteiger partial charge in [-0.1, -0.05) is 83.8 Å². The molecule has 7 nitrogen and oxygen atoms in total. The van der Waals surface area contributed by atoms with E-state index in [1.54, 1.807) is 48.8 Å². The zero-order valence-electron chi connectivity index (χ0n) is 25.5. The molecule has 1 aromatic heterocycles. The molecule has 2 aromatic carbocycles. The van der Waals surface area contributed by atoms with Crippen LogP contribution in [-0.4, -0.2) is 28.5 Å². The monoisotopic (exact) mass is 574 g/mol. The molecule has 0 radical (unpaired) electrons. The molecule has 0 amide bonds. The molecular formula is C35H46N2O5. The molecule has 0 fully saturated rings. The van der Waals surface area contributed by atoms with Crippen LogP contribution >= 0.6 is 0 Å². The lowest BCUT2D eigenvalue weighted by atomic mass is 10.1. The van der Waals surface area contributed by atoms with Gasteiger partial charge in [0.15, 0.2) is 11.6 Å². The average Bonchev–Trinajstić information content (AvgIpc) is 3.01. The van der Waals surface area contributed by atoms with Crippen molar-refractivity contribution in [3.05, 3.63) is 72.1 Å². The molecule has 1 unspecified atom stereocenters. The number of hydrogen-bond acceptors (Lipinski definition) is 7. The van der Waals surface area contributed by atoms with Gasteiger partial charge in [0.05, 0.1) is 24.6 Å². The summed E-state index contributed by atoms with van der Waals surface area (Å²) in [7, 11) is 0. The lowest BCUT2D eigenvalue weighted by Gasteiger charge is -2.14. The number of ether oxygens (including phenoxy) is 3. The van der Waals surface area contributed by atoms with Gasteiger partial charge >= 0.3 is 11.9 Å². The first kappa shape index (κ1) is 32.8. The standard InChI is InChI=1S/C35H46N2O5/c1-4-6-8-9-10-11-12-14-24-40-32-25-36-34(37-26-32)29-20-22-31(23-21-29)42-35(39)30-18-16-28(17-19-30)27(3)41-33(38)15-13-7-5-2/h16-23,25-27H,4-15,24H2,1-3H3. The topological polar surface area (TPSA) is 87.6 Å². The quantitative estimate of drug-likeness (QED) is 0.0801. The molecule has 3 rings (SSSR count). The van der Waals surface area contributed by atoms with Crippen molar-refractivity contribution in [1.29, 1.82) is 0 Å². The molecule has 1 atom stereocenters. The van der Waals surface area contributed by atoms with E-state index in [1.807, 2.05) is 19.1 Å². The highest BCUT2D eigenvalue weighted by Crippen LogP contribution is 2.23. The summed E-state index contributed by atoms with van der Waals surface area (Å²) in [6.45, 7) is 6.84. The first-order chi connectivity index (χ1) is 20.5. The highest BCUT2D eigenvalue weighted by atomic mass is 16.5. The number of rotatable bonds is 19. The Balaban J connectivity index is 1.41. The summed E-state index contributed by atoms with van der Waals surface area (Å²) >= 11 is 0. The van der Waals surface area contributed by atoms with E-state index < -0.39 is 5.97 Å². The van der Waals surface area contributed by atoms with Crippen LogP contribution < -0.4 is 9.47 Å². The second-order valence-electron chi connectivity index (χ2n) is 10.7. The first-order valence-electron chi connectivity index (χ1n) is 15.6. The lowest BCUT2D eigenvalue weighted by molar-refractivity contribution is -0.148. The highest BCUT2D eigenvalue weighted by molar-refractivity contribution is 5.91. The van der Waals surface area contributed by atoms with Crippen LogP contribution in [0.1, 0.15) is 120 Å². The highest BCUT2D eigenvalue weighted by Gasteiger charge is 2.14. The summed E-state index contributed by atoms with van der Waals surface area (Å²) in [5.74, 6) is 0.993. The molecular weight excluding hydrogens is 528 g/mol. The van der Waals surface area contributed by atoms with Crippen molar-refractivity contribution >= 4 is 11.9 Å². The van der Waals surface area contributed by atoms with Gasteiger partial charge in [0, 0.05) is 12.0 Å². The van der Waals surface area contributed by atoms with Crippen LogP contribution in [0.4, 0.5) is 0 Å². The van der Waals surface area contributed by atoms with Gasteiger partial charge in [-0.05, 0) is 61.7 Å².